The summed E-state index contributed by atoms with van der Waals surface area (Å²) in [5, 5.41) is 7.83. The third-order valence-corrected chi connectivity index (χ3v) is 5.43. The molecule has 0 aromatic carbocycles. The van der Waals surface area contributed by atoms with Crippen LogP contribution in [0.5, 0.6) is 0 Å². The minimum atomic E-state index is 0.660. The zero-order chi connectivity index (χ0) is 13.1. The van der Waals surface area contributed by atoms with Crippen LogP contribution in [0.15, 0.2) is 11.6 Å². The van der Waals surface area contributed by atoms with Gasteiger partial charge in [0.25, 0.3) is 0 Å². The standard InChI is InChI=1S/C16H26N2S/c19-16(17-9-8-12-4-2-1-3-5-12)18-15-11-13-6-7-14(15)10-13/h4,13-15H,1-3,5-11H2,(H2,17,18,19)/t13-,14+,15+/m0/s1. The normalized spacial score (nSPS) is 33.1. The highest BCUT2D eigenvalue weighted by molar-refractivity contribution is 7.80. The number of fused-ring (bicyclic) bond motifs is 2. The predicted molar refractivity (Wildman–Crippen MR) is 84.1 cm³/mol. The first-order valence-corrected chi connectivity index (χ1v) is 8.44. The number of hydrogen-bond acceptors (Lipinski definition) is 1. The van der Waals surface area contributed by atoms with E-state index < -0.39 is 0 Å². The topological polar surface area (TPSA) is 24.1 Å². The highest BCUT2D eigenvalue weighted by Crippen LogP contribution is 2.44. The van der Waals surface area contributed by atoms with Crippen LogP contribution in [-0.2, 0) is 0 Å². The van der Waals surface area contributed by atoms with E-state index in [0.717, 1.165) is 23.5 Å². The van der Waals surface area contributed by atoms with E-state index in [1.807, 2.05) is 0 Å². The predicted octanol–water partition coefficient (Wildman–Crippen LogP) is 3.53. The summed E-state index contributed by atoms with van der Waals surface area (Å²) < 4.78 is 0. The summed E-state index contributed by atoms with van der Waals surface area (Å²) in [6.07, 6.45) is 14.6. The largest absolute Gasteiger partial charge is 0.362 e. The van der Waals surface area contributed by atoms with Gasteiger partial charge in [-0.3, -0.25) is 0 Å². The van der Waals surface area contributed by atoms with Gasteiger partial charge in [-0.05, 0) is 75.4 Å². The van der Waals surface area contributed by atoms with Crippen LogP contribution in [0.2, 0.25) is 0 Å². The van der Waals surface area contributed by atoms with Gasteiger partial charge in [0.05, 0.1) is 0 Å². The average Bonchev–Trinajstić information content (AvgIpc) is 3.02. The second-order valence-corrected chi connectivity index (χ2v) is 6.95. The molecule has 3 aliphatic carbocycles. The molecule has 106 valence electrons. The summed E-state index contributed by atoms with van der Waals surface area (Å²) >= 11 is 5.43. The van der Waals surface area contributed by atoms with E-state index in [4.69, 9.17) is 12.2 Å². The van der Waals surface area contributed by atoms with Gasteiger partial charge in [-0.25, -0.2) is 0 Å². The Balaban J connectivity index is 1.34. The number of allylic oxidation sites excluding steroid dienone is 1. The number of nitrogens with one attached hydrogen (secondary N) is 2. The van der Waals surface area contributed by atoms with Crippen molar-refractivity contribution in [2.24, 2.45) is 11.8 Å². The fourth-order valence-corrected chi connectivity index (χ4v) is 4.36. The van der Waals surface area contributed by atoms with E-state index in [2.05, 4.69) is 16.7 Å². The third-order valence-electron chi connectivity index (χ3n) is 5.17. The van der Waals surface area contributed by atoms with Crippen LogP contribution in [0, 0.1) is 11.8 Å². The Labute approximate surface area is 122 Å². The molecule has 19 heavy (non-hydrogen) atoms. The first kappa shape index (κ1) is 13.4. The van der Waals surface area contributed by atoms with Crippen molar-refractivity contribution < 1.29 is 0 Å². The molecule has 3 heteroatoms. The maximum atomic E-state index is 5.43. The first-order valence-electron chi connectivity index (χ1n) is 8.03. The Kier molecular flexibility index (Phi) is 4.42. The maximum absolute atomic E-state index is 5.43. The quantitative estimate of drug-likeness (QED) is 0.608. The summed E-state index contributed by atoms with van der Waals surface area (Å²) in [5.41, 5.74) is 1.63. The van der Waals surface area contributed by atoms with Crippen molar-refractivity contribution in [2.75, 3.05) is 6.54 Å². The number of rotatable bonds is 4. The molecule has 0 heterocycles. The molecule has 2 N–H and O–H groups in total. The molecule has 0 aromatic heterocycles. The van der Waals surface area contributed by atoms with Gasteiger partial charge in [-0.15, -0.1) is 0 Å². The van der Waals surface area contributed by atoms with Gasteiger partial charge in [-0.2, -0.15) is 0 Å². The van der Waals surface area contributed by atoms with E-state index in [1.165, 1.54) is 57.8 Å². The maximum Gasteiger partial charge on any atom is 0.166 e. The molecule has 0 radical (unpaired) electrons. The summed E-state index contributed by atoms with van der Waals surface area (Å²) in [6.45, 7) is 0.998. The van der Waals surface area contributed by atoms with Gasteiger partial charge < -0.3 is 10.6 Å². The molecule has 3 atom stereocenters. The number of hydrogen-bond donors (Lipinski definition) is 2. The fourth-order valence-electron chi connectivity index (χ4n) is 4.11. The molecule has 2 fully saturated rings. The van der Waals surface area contributed by atoms with Gasteiger partial charge in [0, 0.05) is 12.6 Å². The van der Waals surface area contributed by atoms with Gasteiger partial charge in [-0.1, -0.05) is 18.1 Å². The Morgan fingerprint density at radius 1 is 1.26 bits per heavy atom. The lowest BCUT2D eigenvalue weighted by atomic mass is 9.95. The minimum absolute atomic E-state index is 0.660. The molecule has 2 saturated carbocycles. The molecule has 0 amide bonds. The monoisotopic (exact) mass is 278 g/mol. The van der Waals surface area contributed by atoms with Gasteiger partial charge in [0.1, 0.15) is 0 Å². The molecule has 0 saturated heterocycles. The van der Waals surface area contributed by atoms with Crippen LogP contribution in [0.3, 0.4) is 0 Å². The highest BCUT2D eigenvalue weighted by Gasteiger charge is 2.39. The van der Waals surface area contributed by atoms with Crippen LogP contribution in [0.25, 0.3) is 0 Å². The van der Waals surface area contributed by atoms with E-state index in [-0.39, 0.29) is 0 Å². The summed E-state index contributed by atoms with van der Waals surface area (Å²) in [6, 6.07) is 0.660. The van der Waals surface area contributed by atoms with E-state index in [0.29, 0.717) is 6.04 Å². The zero-order valence-corrected chi connectivity index (χ0v) is 12.6. The van der Waals surface area contributed by atoms with E-state index in [1.54, 1.807) is 5.57 Å². The molecule has 0 spiro atoms. The molecule has 2 bridgehead atoms. The molecule has 3 rings (SSSR count). The van der Waals surface area contributed by atoms with E-state index in [9.17, 15) is 0 Å². The van der Waals surface area contributed by atoms with Crippen LogP contribution in [0.4, 0.5) is 0 Å². The molecule has 0 aliphatic heterocycles. The van der Waals surface area contributed by atoms with Crippen molar-refractivity contribution in [3.8, 4) is 0 Å². The molecule has 0 unspecified atom stereocenters. The van der Waals surface area contributed by atoms with Gasteiger partial charge >= 0.3 is 0 Å². The Hall–Kier alpha value is -0.570. The lowest BCUT2D eigenvalue weighted by Gasteiger charge is -2.24. The highest BCUT2D eigenvalue weighted by atomic mass is 32.1. The fraction of sp³-hybridized carbons (Fsp3) is 0.812. The third kappa shape index (κ3) is 3.50. The summed E-state index contributed by atoms with van der Waals surface area (Å²) in [7, 11) is 0. The second kappa shape index (κ2) is 6.25. The van der Waals surface area contributed by atoms with Crippen molar-refractivity contribution >= 4 is 17.3 Å². The van der Waals surface area contributed by atoms with Crippen LogP contribution in [-0.4, -0.2) is 17.7 Å². The molecular formula is C16H26N2S. The Morgan fingerprint density at radius 3 is 2.89 bits per heavy atom. The average molecular weight is 278 g/mol. The van der Waals surface area contributed by atoms with Gasteiger partial charge in [0.15, 0.2) is 5.11 Å². The lowest BCUT2D eigenvalue weighted by molar-refractivity contribution is 0.389. The first-order chi connectivity index (χ1) is 9.31. The van der Waals surface area contributed by atoms with Crippen LogP contribution < -0.4 is 10.6 Å². The molecular weight excluding hydrogens is 252 g/mol. The summed E-state index contributed by atoms with van der Waals surface area (Å²) in [5.74, 6) is 1.88. The van der Waals surface area contributed by atoms with Crippen molar-refractivity contribution in [2.45, 2.75) is 63.8 Å². The Morgan fingerprint density at radius 2 is 2.21 bits per heavy atom. The second-order valence-electron chi connectivity index (χ2n) is 6.54. The lowest BCUT2D eigenvalue weighted by Crippen LogP contribution is -2.44. The Bertz CT molecular complexity index is 364. The number of thiocarbonyl (C=S) groups is 1. The minimum Gasteiger partial charge on any atom is -0.362 e. The van der Waals surface area contributed by atoms with Crippen molar-refractivity contribution in [1.29, 1.82) is 0 Å². The van der Waals surface area contributed by atoms with Gasteiger partial charge in [0.2, 0.25) is 0 Å². The molecule has 2 nitrogen and oxygen atoms in total. The van der Waals surface area contributed by atoms with Crippen molar-refractivity contribution in [1.82, 2.24) is 10.6 Å². The zero-order valence-electron chi connectivity index (χ0n) is 11.8. The van der Waals surface area contributed by atoms with Crippen molar-refractivity contribution in [3.63, 3.8) is 0 Å². The van der Waals surface area contributed by atoms with E-state index >= 15 is 0 Å². The molecule has 3 aliphatic rings. The summed E-state index contributed by atoms with van der Waals surface area (Å²) in [4.78, 5) is 0. The smallest absolute Gasteiger partial charge is 0.166 e. The van der Waals surface area contributed by atoms with Crippen LogP contribution in [0.1, 0.15) is 57.8 Å². The SMILES string of the molecule is S=C(NCCC1=CCCCC1)N[C@@H]1C[C@H]2CC[C@@H]1C2. The molecule has 0 aromatic rings. The van der Waals surface area contributed by atoms with Crippen LogP contribution >= 0.6 is 12.2 Å². The van der Waals surface area contributed by atoms with Crippen molar-refractivity contribution in [3.05, 3.63) is 11.6 Å².